The van der Waals surface area contributed by atoms with Crippen LogP contribution in [0.25, 0.3) is 11.2 Å². The molecule has 2 heterocycles. The number of hydrogen-bond donors (Lipinski definition) is 2. The van der Waals surface area contributed by atoms with Crippen molar-refractivity contribution in [1.82, 2.24) is 25.0 Å². The smallest absolute Gasteiger partial charge is 0.183 e. The lowest BCUT2D eigenvalue weighted by atomic mass is 9.97. The van der Waals surface area contributed by atoms with Gasteiger partial charge in [0.2, 0.25) is 0 Å². The Balaban J connectivity index is 1.89. The molecular formula is C11H16N6O. The molecule has 18 heavy (non-hydrogen) atoms. The second-order valence-corrected chi connectivity index (χ2v) is 4.84. The molecule has 96 valence electrons. The number of aliphatic hydroxyl groups excluding tert-OH is 1. The molecule has 2 aromatic heterocycles. The van der Waals surface area contributed by atoms with Crippen molar-refractivity contribution in [3.05, 3.63) is 6.33 Å². The van der Waals surface area contributed by atoms with Gasteiger partial charge in [0.05, 0.1) is 0 Å². The molecule has 7 heteroatoms. The minimum Gasteiger partial charge on any atom is -0.396 e. The van der Waals surface area contributed by atoms with Crippen molar-refractivity contribution in [1.29, 1.82) is 0 Å². The van der Waals surface area contributed by atoms with Crippen molar-refractivity contribution in [3.63, 3.8) is 0 Å². The summed E-state index contributed by atoms with van der Waals surface area (Å²) in [6.45, 7) is 0.979. The summed E-state index contributed by atoms with van der Waals surface area (Å²) in [6, 6.07) is 0. The van der Waals surface area contributed by atoms with Crippen LogP contribution in [-0.2, 0) is 6.54 Å². The first-order valence-electron chi connectivity index (χ1n) is 6.20. The minimum atomic E-state index is 0.244. The van der Waals surface area contributed by atoms with Crippen LogP contribution in [0.2, 0.25) is 0 Å². The van der Waals surface area contributed by atoms with Crippen LogP contribution in [0.5, 0.6) is 0 Å². The summed E-state index contributed by atoms with van der Waals surface area (Å²) in [5.74, 6) is 1.16. The van der Waals surface area contributed by atoms with Crippen LogP contribution < -0.4 is 5.73 Å². The van der Waals surface area contributed by atoms with E-state index in [9.17, 15) is 5.11 Å². The van der Waals surface area contributed by atoms with Gasteiger partial charge in [0.1, 0.15) is 6.33 Å². The molecule has 0 spiro atoms. The van der Waals surface area contributed by atoms with Crippen molar-refractivity contribution >= 4 is 17.0 Å². The molecule has 2 atom stereocenters. The third-order valence-electron chi connectivity index (χ3n) is 3.79. The van der Waals surface area contributed by atoms with E-state index in [-0.39, 0.29) is 6.61 Å². The average Bonchev–Trinajstić information content (AvgIpc) is 2.98. The fourth-order valence-electron chi connectivity index (χ4n) is 2.75. The van der Waals surface area contributed by atoms with Crippen LogP contribution in [-0.4, -0.2) is 36.7 Å². The highest BCUT2D eigenvalue weighted by molar-refractivity contribution is 5.80. The number of anilines is 1. The highest BCUT2D eigenvalue weighted by Gasteiger charge is 2.27. The van der Waals surface area contributed by atoms with E-state index in [2.05, 4.69) is 20.3 Å². The van der Waals surface area contributed by atoms with E-state index in [1.165, 1.54) is 12.7 Å². The van der Waals surface area contributed by atoms with Gasteiger partial charge in [-0.3, -0.25) is 0 Å². The summed E-state index contributed by atoms with van der Waals surface area (Å²) in [4.78, 5) is 8.07. The van der Waals surface area contributed by atoms with Gasteiger partial charge in [0.25, 0.3) is 0 Å². The molecule has 0 amide bonds. The quantitative estimate of drug-likeness (QED) is 0.805. The first kappa shape index (κ1) is 11.3. The Hall–Kier alpha value is -1.76. The van der Waals surface area contributed by atoms with Crippen molar-refractivity contribution in [2.24, 2.45) is 11.8 Å². The van der Waals surface area contributed by atoms with Gasteiger partial charge in [-0.2, -0.15) is 0 Å². The maximum Gasteiger partial charge on any atom is 0.183 e. The number of aliphatic hydroxyl groups is 1. The maximum absolute atomic E-state index is 9.33. The topological polar surface area (TPSA) is 103 Å². The summed E-state index contributed by atoms with van der Waals surface area (Å²) >= 11 is 0. The Labute approximate surface area is 104 Å². The normalized spacial score (nSPS) is 23.8. The first-order valence-corrected chi connectivity index (χ1v) is 6.20. The number of hydrogen-bond acceptors (Lipinski definition) is 6. The Morgan fingerprint density at radius 1 is 1.33 bits per heavy atom. The zero-order valence-electron chi connectivity index (χ0n) is 10.0. The number of aromatic nitrogens is 5. The van der Waals surface area contributed by atoms with Crippen molar-refractivity contribution in [3.8, 4) is 0 Å². The second kappa shape index (κ2) is 4.49. The van der Waals surface area contributed by atoms with Gasteiger partial charge in [-0.25, -0.2) is 14.6 Å². The lowest BCUT2D eigenvalue weighted by molar-refractivity contribution is 0.182. The van der Waals surface area contributed by atoms with Gasteiger partial charge in [-0.1, -0.05) is 11.6 Å². The molecule has 1 saturated carbocycles. The molecule has 0 aliphatic heterocycles. The Morgan fingerprint density at radius 3 is 3.00 bits per heavy atom. The molecule has 0 unspecified atom stereocenters. The molecule has 7 nitrogen and oxygen atoms in total. The van der Waals surface area contributed by atoms with Gasteiger partial charge in [0.15, 0.2) is 17.0 Å². The zero-order valence-corrected chi connectivity index (χ0v) is 10.0. The Morgan fingerprint density at radius 2 is 2.17 bits per heavy atom. The lowest BCUT2D eigenvalue weighted by Gasteiger charge is -2.16. The Kier molecular flexibility index (Phi) is 2.83. The predicted octanol–water partition coefficient (Wildman–Crippen LogP) is 0.212. The lowest BCUT2D eigenvalue weighted by Crippen LogP contribution is -2.19. The molecule has 0 saturated heterocycles. The van der Waals surface area contributed by atoms with Gasteiger partial charge >= 0.3 is 0 Å². The first-order chi connectivity index (χ1) is 8.79. The molecule has 1 aliphatic carbocycles. The van der Waals surface area contributed by atoms with Crippen molar-refractivity contribution < 1.29 is 5.11 Å². The third kappa shape index (κ3) is 1.80. The number of fused-ring (bicyclic) bond motifs is 1. The van der Waals surface area contributed by atoms with Crippen LogP contribution in [0.3, 0.4) is 0 Å². The van der Waals surface area contributed by atoms with E-state index in [1.807, 2.05) is 0 Å². The van der Waals surface area contributed by atoms with Gasteiger partial charge in [-0.05, 0) is 24.7 Å². The van der Waals surface area contributed by atoms with E-state index in [0.717, 1.165) is 19.4 Å². The van der Waals surface area contributed by atoms with Crippen molar-refractivity contribution in [2.75, 3.05) is 12.3 Å². The molecule has 3 N–H and O–H groups in total. The predicted molar refractivity (Wildman–Crippen MR) is 65.4 cm³/mol. The van der Waals surface area contributed by atoms with E-state index in [0.29, 0.717) is 28.8 Å². The van der Waals surface area contributed by atoms with E-state index < -0.39 is 0 Å². The van der Waals surface area contributed by atoms with Crippen LogP contribution in [0.4, 0.5) is 5.82 Å². The summed E-state index contributed by atoms with van der Waals surface area (Å²) in [7, 11) is 0. The number of rotatable bonds is 3. The summed E-state index contributed by atoms with van der Waals surface area (Å²) < 4.78 is 1.77. The molecule has 1 fully saturated rings. The van der Waals surface area contributed by atoms with Crippen LogP contribution in [0.15, 0.2) is 6.33 Å². The summed E-state index contributed by atoms with van der Waals surface area (Å²) in [6.07, 6.45) is 4.80. The third-order valence-corrected chi connectivity index (χ3v) is 3.79. The molecule has 3 rings (SSSR count). The number of nitrogens with zero attached hydrogens (tertiary/aromatic N) is 5. The van der Waals surface area contributed by atoms with E-state index in [1.54, 1.807) is 4.68 Å². The largest absolute Gasteiger partial charge is 0.396 e. The molecule has 2 aromatic rings. The molecular weight excluding hydrogens is 232 g/mol. The van der Waals surface area contributed by atoms with E-state index >= 15 is 0 Å². The van der Waals surface area contributed by atoms with Crippen LogP contribution >= 0.6 is 0 Å². The number of nitrogens with two attached hydrogens (primary N) is 1. The van der Waals surface area contributed by atoms with Crippen LogP contribution in [0, 0.1) is 11.8 Å². The molecule has 0 aromatic carbocycles. The SMILES string of the molecule is Nc1ncnc2c1nnn2C[C@H]1CCC[C@H]1CO. The average molecular weight is 248 g/mol. The van der Waals surface area contributed by atoms with E-state index in [4.69, 9.17) is 5.73 Å². The van der Waals surface area contributed by atoms with Crippen LogP contribution in [0.1, 0.15) is 19.3 Å². The highest BCUT2D eigenvalue weighted by Crippen LogP contribution is 2.32. The molecule has 0 bridgehead atoms. The summed E-state index contributed by atoms with van der Waals surface area (Å²) in [5.41, 5.74) is 6.95. The fraction of sp³-hybridized carbons (Fsp3) is 0.636. The van der Waals surface area contributed by atoms with Gasteiger partial charge in [-0.15, -0.1) is 5.10 Å². The standard InChI is InChI=1S/C11H16N6O/c12-10-9-11(14-6-13-10)17(16-15-9)4-7-2-1-3-8(7)5-18/h6-8,18H,1-5H2,(H2,12,13,14)/t7-,8+/m1/s1. The van der Waals surface area contributed by atoms with Gasteiger partial charge in [0, 0.05) is 13.2 Å². The summed E-state index contributed by atoms with van der Waals surface area (Å²) in [5, 5.41) is 17.4. The maximum atomic E-state index is 9.33. The monoisotopic (exact) mass is 248 g/mol. The molecule has 0 radical (unpaired) electrons. The zero-order chi connectivity index (χ0) is 12.5. The van der Waals surface area contributed by atoms with Crippen molar-refractivity contribution in [2.45, 2.75) is 25.8 Å². The van der Waals surface area contributed by atoms with Gasteiger partial charge < -0.3 is 10.8 Å². The minimum absolute atomic E-state index is 0.244. The second-order valence-electron chi connectivity index (χ2n) is 4.84. The Bertz CT molecular complexity index is 553. The molecule has 1 aliphatic rings. The highest BCUT2D eigenvalue weighted by atomic mass is 16.3. The fourth-order valence-corrected chi connectivity index (χ4v) is 2.75. The number of nitrogen functional groups attached to an aromatic ring is 1.